The van der Waals surface area contributed by atoms with E-state index in [2.05, 4.69) is 5.32 Å². The summed E-state index contributed by atoms with van der Waals surface area (Å²) >= 11 is 0. The quantitative estimate of drug-likeness (QED) is 0.474. The zero-order valence-electron chi connectivity index (χ0n) is 12.4. The minimum atomic E-state index is -0.684. The number of amides is 1. The second-order valence-electron chi connectivity index (χ2n) is 5.14. The van der Waals surface area contributed by atoms with Gasteiger partial charge in [-0.2, -0.15) is 0 Å². The SMILES string of the molecule is Cc1cc(O)c(O)cc1CCNC(=O)c1cc(O)c(O)c(O)c1. The van der Waals surface area contributed by atoms with Gasteiger partial charge >= 0.3 is 0 Å². The smallest absolute Gasteiger partial charge is 0.251 e. The van der Waals surface area contributed by atoms with Gasteiger partial charge in [0, 0.05) is 12.1 Å². The van der Waals surface area contributed by atoms with Crippen LogP contribution in [0.1, 0.15) is 21.5 Å². The Hall–Kier alpha value is -3.09. The van der Waals surface area contributed by atoms with Crippen molar-refractivity contribution in [2.45, 2.75) is 13.3 Å². The molecule has 1 amide bonds. The predicted octanol–water partition coefficient (Wildman–Crippen LogP) is 1.50. The van der Waals surface area contributed by atoms with Crippen LogP contribution in [0.3, 0.4) is 0 Å². The van der Waals surface area contributed by atoms with Crippen LogP contribution < -0.4 is 5.32 Å². The maximum Gasteiger partial charge on any atom is 0.251 e. The molecule has 0 aliphatic carbocycles. The summed E-state index contributed by atoms with van der Waals surface area (Å²) in [6, 6.07) is 4.95. The standard InChI is InChI=1S/C16H17NO6/c1-8-4-11(18)12(19)5-9(8)2-3-17-16(23)10-6-13(20)15(22)14(21)7-10/h4-7,18-22H,2-3H2,1H3,(H,17,23). The van der Waals surface area contributed by atoms with Crippen molar-refractivity contribution in [2.75, 3.05) is 6.54 Å². The molecule has 0 saturated heterocycles. The highest BCUT2D eigenvalue weighted by Gasteiger charge is 2.13. The minimum absolute atomic E-state index is 0.00285. The van der Waals surface area contributed by atoms with E-state index in [0.29, 0.717) is 6.42 Å². The average Bonchev–Trinajstić information content (AvgIpc) is 2.49. The van der Waals surface area contributed by atoms with Crippen LogP contribution in [0.4, 0.5) is 0 Å². The van der Waals surface area contributed by atoms with Crippen LogP contribution in [0.25, 0.3) is 0 Å². The van der Waals surface area contributed by atoms with Crippen LogP contribution in [-0.2, 0) is 6.42 Å². The monoisotopic (exact) mass is 319 g/mol. The van der Waals surface area contributed by atoms with Gasteiger partial charge in [0.2, 0.25) is 0 Å². The molecule has 0 heterocycles. The number of hydrogen-bond donors (Lipinski definition) is 6. The molecule has 2 aromatic carbocycles. The topological polar surface area (TPSA) is 130 Å². The lowest BCUT2D eigenvalue weighted by molar-refractivity contribution is 0.0953. The van der Waals surface area contributed by atoms with Crippen LogP contribution in [0.2, 0.25) is 0 Å². The molecular weight excluding hydrogens is 302 g/mol. The number of phenols is 5. The molecule has 7 heteroatoms. The van der Waals surface area contributed by atoms with Gasteiger partial charge in [-0.3, -0.25) is 4.79 Å². The van der Waals surface area contributed by atoms with Crippen LogP contribution in [0.5, 0.6) is 28.7 Å². The fourth-order valence-electron chi connectivity index (χ4n) is 2.14. The Kier molecular flexibility index (Phi) is 4.49. The average molecular weight is 319 g/mol. The summed E-state index contributed by atoms with van der Waals surface area (Å²) < 4.78 is 0. The molecule has 0 aliphatic rings. The maximum absolute atomic E-state index is 12.0. The molecule has 2 rings (SSSR count). The van der Waals surface area contributed by atoms with Gasteiger partial charge < -0.3 is 30.8 Å². The molecule has 0 atom stereocenters. The number of aromatic hydroxyl groups is 5. The van der Waals surface area contributed by atoms with Crippen LogP contribution in [-0.4, -0.2) is 38.0 Å². The highest BCUT2D eigenvalue weighted by molar-refractivity contribution is 5.95. The van der Waals surface area contributed by atoms with E-state index in [0.717, 1.165) is 23.3 Å². The van der Waals surface area contributed by atoms with Crippen molar-refractivity contribution in [1.29, 1.82) is 0 Å². The van der Waals surface area contributed by atoms with Crippen molar-refractivity contribution in [2.24, 2.45) is 0 Å². The summed E-state index contributed by atoms with van der Waals surface area (Å²) in [4.78, 5) is 12.0. The van der Waals surface area contributed by atoms with E-state index in [9.17, 15) is 30.3 Å². The van der Waals surface area contributed by atoms with Crippen molar-refractivity contribution < 1.29 is 30.3 Å². The molecule has 0 spiro atoms. The number of hydrogen-bond acceptors (Lipinski definition) is 6. The van der Waals surface area contributed by atoms with Crippen molar-refractivity contribution in [3.8, 4) is 28.7 Å². The van der Waals surface area contributed by atoms with Crippen LogP contribution in [0, 0.1) is 6.92 Å². The summed E-state index contributed by atoms with van der Waals surface area (Å²) in [6.07, 6.45) is 0.418. The van der Waals surface area contributed by atoms with Gasteiger partial charge in [-0.1, -0.05) is 0 Å². The Labute approximate surface area is 132 Å². The number of carbonyl (C=O) groups excluding carboxylic acids is 1. The van der Waals surface area contributed by atoms with E-state index in [4.69, 9.17) is 0 Å². The summed E-state index contributed by atoms with van der Waals surface area (Å²) in [6.45, 7) is 2.01. The van der Waals surface area contributed by atoms with Gasteiger partial charge in [0.15, 0.2) is 28.7 Å². The molecule has 6 N–H and O–H groups in total. The third-order valence-corrected chi connectivity index (χ3v) is 3.44. The van der Waals surface area contributed by atoms with E-state index in [-0.39, 0.29) is 23.6 Å². The Balaban J connectivity index is 2.02. The Morgan fingerprint density at radius 1 is 0.913 bits per heavy atom. The molecule has 122 valence electrons. The zero-order valence-corrected chi connectivity index (χ0v) is 12.4. The Morgan fingerprint density at radius 2 is 1.48 bits per heavy atom. The first-order valence-corrected chi connectivity index (χ1v) is 6.84. The fraction of sp³-hybridized carbons (Fsp3) is 0.188. The molecule has 7 nitrogen and oxygen atoms in total. The van der Waals surface area contributed by atoms with Crippen LogP contribution in [0.15, 0.2) is 24.3 Å². The van der Waals surface area contributed by atoms with Gasteiger partial charge in [-0.05, 0) is 48.7 Å². The lowest BCUT2D eigenvalue weighted by Gasteiger charge is -2.10. The van der Waals surface area contributed by atoms with Crippen molar-refractivity contribution in [1.82, 2.24) is 5.32 Å². The highest BCUT2D eigenvalue weighted by Crippen LogP contribution is 2.35. The molecule has 0 aliphatic heterocycles. The normalized spacial score (nSPS) is 10.5. The largest absolute Gasteiger partial charge is 0.504 e. The fourth-order valence-corrected chi connectivity index (χ4v) is 2.14. The molecular formula is C16H17NO6. The van der Waals surface area contributed by atoms with Gasteiger partial charge in [0.05, 0.1) is 0 Å². The number of rotatable bonds is 4. The van der Waals surface area contributed by atoms with Gasteiger partial charge in [-0.25, -0.2) is 0 Å². The van der Waals surface area contributed by atoms with E-state index in [1.165, 1.54) is 12.1 Å². The van der Waals surface area contributed by atoms with Crippen molar-refractivity contribution in [3.05, 3.63) is 41.0 Å². The molecule has 0 fully saturated rings. The minimum Gasteiger partial charge on any atom is -0.504 e. The zero-order chi connectivity index (χ0) is 17.1. The molecule has 0 radical (unpaired) electrons. The number of benzene rings is 2. The molecule has 0 saturated carbocycles. The molecule has 2 aromatic rings. The highest BCUT2D eigenvalue weighted by atomic mass is 16.3. The first-order valence-electron chi connectivity index (χ1n) is 6.84. The third-order valence-electron chi connectivity index (χ3n) is 3.44. The third kappa shape index (κ3) is 3.57. The number of carbonyl (C=O) groups is 1. The Bertz CT molecular complexity index is 733. The number of phenolic OH excluding ortho intramolecular Hbond substituents is 5. The van der Waals surface area contributed by atoms with E-state index in [1.807, 2.05) is 0 Å². The summed E-state index contributed by atoms with van der Waals surface area (Å²) in [5.41, 5.74) is 1.54. The van der Waals surface area contributed by atoms with Gasteiger partial charge in [0.25, 0.3) is 5.91 Å². The summed E-state index contributed by atoms with van der Waals surface area (Å²) in [7, 11) is 0. The van der Waals surface area contributed by atoms with Crippen molar-refractivity contribution in [3.63, 3.8) is 0 Å². The molecule has 0 bridgehead atoms. The van der Waals surface area contributed by atoms with E-state index in [1.54, 1.807) is 6.92 Å². The lowest BCUT2D eigenvalue weighted by Crippen LogP contribution is -2.25. The molecule has 0 unspecified atom stereocenters. The summed E-state index contributed by atoms with van der Waals surface area (Å²) in [5.74, 6) is -2.83. The summed E-state index contributed by atoms with van der Waals surface area (Å²) in [5, 5.41) is 49.5. The van der Waals surface area contributed by atoms with Crippen LogP contribution >= 0.6 is 0 Å². The number of nitrogens with one attached hydrogen (secondary N) is 1. The first kappa shape index (κ1) is 16.3. The predicted molar refractivity (Wildman–Crippen MR) is 82.0 cm³/mol. The van der Waals surface area contributed by atoms with Gasteiger partial charge in [0.1, 0.15) is 0 Å². The second-order valence-corrected chi connectivity index (χ2v) is 5.14. The van der Waals surface area contributed by atoms with E-state index >= 15 is 0 Å². The Morgan fingerprint density at radius 3 is 2.09 bits per heavy atom. The second kappa shape index (κ2) is 6.35. The lowest BCUT2D eigenvalue weighted by atomic mass is 10.0. The first-order chi connectivity index (χ1) is 10.8. The molecule has 23 heavy (non-hydrogen) atoms. The van der Waals surface area contributed by atoms with Gasteiger partial charge in [-0.15, -0.1) is 0 Å². The van der Waals surface area contributed by atoms with Crippen molar-refractivity contribution >= 4 is 5.91 Å². The molecule has 0 aromatic heterocycles. The number of aryl methyl sites for hydroxylation is 1. The maximum atomic E-state index is 12.0. The van der Waals surface area contributed by atoms with E-state index < -0.39 is 23.2 Å².